The third kappa shape index (κ3) is 6.66. The lowest BCUT2D eigenvalue weighted by molar-refractivity contribution is 0.599. The summed E-state index contributed by atoms with van der Waals surface area (Å²) in [4.78, 5) is 4.16. The fraction of sp³-hybridized carbons (Fsp3) is 0.562. The van der Waals surface area contributed by atoms with Crippen LogP contribution in [0, 0.1) is 0 Å². The molecule has 0 radical (unpaired) electrons. The van der Waals surface area contributed by atoms with E-state index in [1.165, 1.54) is 11.1 Å². The number of benzene rings is 1. The van der Waals surface area contributed by atoms with E-state index in [0.717, 1.165) is 19.4 Å². The molecule has 1 aromatic rings. The summed E-state index contributed by atoms with van der Waals surface area (Å²) in [5.41, 5.74) is 2.63. The van der Waals surface area contributed by atoms with E-state index in [-0.39, 0.29) is 41.5 Å². The van der Waals surface area contributed by atoms with Crippen LogP contribution in [0.2, 0.25) is 0 Å². The van der Waals surface area contributed by atoms with E-state index in [0.29, 0.717) is 12.4 Å². The predicted octanol–water partition coefficient (Wildman–Crippen LogP) is 1.76. The van der Waals surface area contributed by atoms with Gasteiger partial charge in [-0.25, -0.2) is 8.42 Å². The molecule has 23 heavy (non-hydrogen) atoms. The first-order chi connectivity index (χ1) is 10.5. The highest BCUT2D eigenvalue weighted by atomic mass is 127. The van der Waals surface area contributed by atoms with E-state index >= 15 is 0 Å². The van der Waals surface area contributed by atoms with Gasteiger partial charge in [0.15, 0.2) is 15.8 Å². The van der Waals surface area contributed by atoms with E-state index in [2.05, 4.69) is 46.8 Å². The van der Waals surface area contributed by atoms with Gasteiger partial charge in [-0.1, -0.05) is 31.2 Å². The van der Waals surface area contributed by atoms with Gasteiger partial charge in [-0.2, -0.15) is 0 Å². The number of hydrogen-bond acceptors (Lipinski definition) is 3. The molecule has 0 bridgehead atoms. The lowest BCUT2D eigenvalue weighted by atomic mass is 10.1. The number of halogens is 1. The van der Waals surface area contributed by atoms with Crippen molar-refractivity contribution in [2.24, 2.45) is 4.99 Å². The molecule has 0 spiro atoms. The van der Waals surface area contributed by atoms with Gasteiger partial charge >= 0.3 is 0 Å². The van der Waals surface area contributed by atoms with Gasteiger partial charge in [-0.3, -0.25) is 4.99 Å². The molecule has 1 atom stereocenters. The Morgan fingerprint density at radius 3 is 2.43 bits per heavy atom. The maximum Gasteiger partial charge on any atom is 0.191 e. The number of sulfone groups is 1. The van der Waals surface area contributed by atoms with E-state index in [1.54, 1.807) is 7.05 Å². The van der Waals surface area contributed by atoms with Crippen molar-refractivity contribution in [1.29, 1.82) is 0 Å². The lowest BCUT2D eigenvalue weighted by Crippen LogP contribution is -2.44. The van der Waals surface area contributed by atoms with Crippen molar-refractivity contribution >= 4 is 39.8 Å². The van der Waals surface area contributed by atoms with Crippen molar-refractivity contribution < 1.29 is 8.42 Å². The summed E-state index contributed by atoms with van der Waals surface area (Å²) in [6.07, 6.45) is 2.62. The van der Waals surface area contributed by atoms with E-state index < -0.39 is 9.84 Å². The lowest BCUT2D eigenvalue weighted by Gasteiger charge is -2.16. The Morgan fingerprint density at radius 2 is 1.91 bits per heavy atom. The summed E-state index contributed by atoms with van der Waals surface area (Å²) in [5.74, 6) is 1.14. The third-order valence-electron chi connectivity index (χ3n) is 3.93. The number of guanidine groups is 1. The van der Waals surface area contributed by atoms with Gasteiger partial charge in [0, 0.05) is 19.6 Å². The second kappa shape index (κ2) is 9.46. The van der Waals surface area contributed by atoms with Gasteiger partial charge in [0.2, 0.25) is 0 Å². The molecule has 130 valence electrons. The molecule has 2 rings (SSSR count). The number of aryl methyl sites for hydroxylation is 1. The largest absolute Gasteiger partial charge is 0.356 e. The molecule has 1 aromatic carbocycles. The minimum Gasteiger partial charge on any atom is -0.356 e. The van der Waals surface area contributed by atoms with Crippen LogP contribution in [0.15, 0.2) is 29.3 Å². The van der Waals surface area contributed by atoms with Crippen LogP contribution < -0.4 is 10.6 Å². The van der Waals surface area contributed by atoms with Crippen LogP contribution in [0.3, 0.4) is 0 Å². The minimum atomic E-state index is -2.86. The highest BCUT2D eigenvalue weighted by Crippen LogP contribution is 2.11. The zero-order valence-corrected chi connectivity index (χ0v) is 16.9. The van der Waals surface area contributed by atoms with E-state index in [1.807, 2.05) is 0 Å². The quantitative estimate of drug-likeness (QED) is 0.407. The first-order valence-electron chi connectivity index (χ1n) is 7.78. The molecule has 7 heteroatoms. The summed E-state index contributed by atoms with van der Waals surface area (Å²) in [6, 6.07) is 8.60. The Labute approximate surface area is 156 Å². The number of hydrogen-bond donors (Lipinski definition) is 2. The first kappa shape index (κ1) is 20.2. The normalized spacial score (nSPS) is 19.9. The smallest absolute Gasteiger partial charge is 0.191 e. The van der Waals surface area contributed by atoms with Crippen LogP contribution in [-0.2, 0) is 22.7 Å². The molecule has 1 saturated heterocycles. The molecule has 0 aromatic heterocycles. The fourth-order valence-corrected chi connectivity index (χ4v) is 4.24. The van der Waals surface area contributed by atoms with Gasteiger partial charge in [-0.05, 0) is 30.4 Å². The number of rotatable bonds is 5. The Kier molecular flexibility index (Phi) is 8.32. The molecule has 0 amide bonds. The highest BCUT2D eigenvalue weighted by Gasteiger charge is 2.28. The number of nitrogens with zero attached hydrogens (tertiary/aromatic N) is 1. The van der Waals surface area contributed by atoms with E-state index in [4.69, 9.17) is 0 Å². The van der Waals surface area contributed by atoms with Crippen molar-refractivity contribution in [2.45, 2.75) is 32.2 Å². The van der Waals surface area contributed by atoms with Crippen LogP contribution >= 0.6 is 24.0 Å². The van der Waals surface area contributed by atoms with Crippen LogP contribution in [-0.4, -0.2) is 45.5 Å². The van der Waals surface area contributed by atoms with Gasteiger partial charge in [-0.15, -0.1) is 24.0 Å². The zero-order chi connectivity index (χ0) is 16.0. The number of aliphatic imine (C=N–C) groups is 1. The third-order valence-corrected chi connectivity index (χ3v) is 5.70. The predicted molar refractivity (Wildman–Crippen MR) is 106 cm³/mol. The van der Waals surface area contributed by atoms with Crippen molar-refractivity contribution in [3.05, 3.63) is 35.4 Å². The van der Waals surface area contributed by atoms with Gasteiger partial charge in [0.25, 0.3) is 0 Å². The molecule has 1 aliphatic rings. The topological polar surface area (TPSA) is 70.6 Å². The van der Waals surface area contributed by atoms with Crippen molar-refractivity contribution in [3.8, 4) is 0 Å². The summed E-state index contributed by atoms with van der Waals surface area (Å²) in [6.45, 7) is 2.92. The van der Waals surface area contributed by atoms with Gasteiger partial charge in [0.1, 0.15) is 0 Å². The molecule has 1 aliphatic heterocycles. The SMILES string of the molecule is CCc1ccc(CCNC(=NC)NC2CCS(=O)(=O)C2)cc1.I. The number of nitrogens with one attached hydrogen (secondary N) is 2. The average molecular weight is 451 g/mol. The van der Waals surface area contributed by atoms with Crippen molar-refractivity contribution in [3.63, 3.8) is 0 Å². The Bertz CT molecular complexity index is 615. The van der Waals surface area contributed by atoms with Crippen LogP contribution in [0.5, 0.6) is 0 Å². The monoisotopic (exact) mass is 451 g/mol. The summed E-state index contributed by atoms with van der Waals surface area (Å²) < 4.78 is 22.9. The summed E-state index contributed by atoms with van der Waals surface area (Å²) in [7, 11) is -1.16. The van der Waals surface area contributed by atoms with Gasteiger partial charge in [0.05, 0.1) is 11.5 Å². The molecule has 1 unspecified atom stereocenters. The second-order valence-electron chi connectivity index (χ2n) is 5.66. The Morgan fingerprint density at radius 1 is 1.26 bits per heavy atom. The van der Waals surface area contributed by atoms with Crippen LogP contribution in [0.1, 0.15) is 24.5 Å². The standard InChI is InChI=1S/C16H25N3O2S.HI/c1-3-13-4-6-14(7-5-13)8-10-18-16(17-2)19-15-9-11-22(20,21)12-15;/h4-7,15H,3,8-12H2,1-2H3,(H2,17,18,19);1H. The molecule has 5 nitrogen and oxygen atoms in total. The average Bonchev–Trinajstić information content (AvgIpc) is 2.85. The van der Waals surface area contributed by atoms with Crippen LogP contribution in [0.25, 0.3) is 0 Å². The van der Waals surface area contributed by atoms with Crippen LogP contribution in [0.4, 0.5) is 0 Å². The molecule has 2 N–H and O–H groups in total. The Hall–Kier alpha value is -0.830. The fourth-order valence-electron chi connectivity index (χ4n) is 2.56. The molecular weight excluding hydrogens is 425 g/mol. The summed E-state index contributed by atoms with van der Waals surface area (Å²) >= 11 is 0. The zero-order valence-electron chi connectivity index (χ0n) is 13.7. The van der Waals surface area contributed by atoms with Gasteiger partial charge < -0.3 is 10.6 Å². The maximum absolute atomic E-state index is 11.5. The molecule has 1 fully saturated rings. The Balaban J connectivity index is 0.00000264. The molecular formula is C16H26IN3O2S. The van der Waals surface area contributed by atoms with Crippen molar-refractivity contribution in [1.82, 2.24) is 10.6 Å². The first-order valence-corrected chi connectivity index (χ1v) is 9.60. The molecule has 0 saturated carbocycles. The van der Waals surface area contributed by atoms with Crippen molar-refractivity contribution in [2.75, 3.05) is 25.1 Å². The minimum absolute atomic E-state index is 0. The molecule has 1 heterocycles. The maximum atomic E-state index is 11.5. The van der Waals surface area contributed by atoms with E-state index in [9.17, 15) is 8.42 Å². The summed E-state index contributed by atoms with van der Waals surface area (Å²) in [5, 5.41) is 6.43. The second-order valence-corrected chi connectivity index (χ2v) is 7.89. The molecule has 0 aliphatic carbocycles. The highest BCUT2D eigenvalue weighted by molar-refractivity contribution is 14.0.